The van der Waals surface area contributed by atoms with Crippen molar-refractivity contribution in [1.82, 2.24) is 5.32 Å². The maximum absolute atomic E-state index is 3.81. The van der Waals surface area contributed by atoms with Gasteiger partial charge in [0.25, 0.3) is 0 Å². The molecule has 0 spiro atoms. The van der Waals surface area contributed by atoms with E-state index in [4.69, 9.17) is 0 Å². The zero-order valence-corrected chi connectivity index (χ0v) is 13.6. The standard InChI is InChI=1S/C20H27N/c1-16(17-11-7-5-8-12-17)21-19(15-20(2,3)4)18-13-9-6-10-14-18/h5-14,16,19,21H,15H2,1-4H3. The van der Waals surface area contributed by atoms with Gasteiger partial charge in [-0.1, -0.05) is 81.4 Å². The van der Waals surface area contributed by atoms with Crippen LogP contribution in [0.3, 0.4) is 0 Å². The van der Waals surface area contributed by atoms with Crippen molar-refractivity contribution in [2.75, 3.05) is 0 Å². The van der Waals surface area contributed by atoms with Gasteiger partial charge in [-0.25, -0.2) is 0 Å². The monoisotopic (exact) mass is 281 g/mol. The Bertz CT molecular complexity index is 525. The molecule has 0 heterocycles. The Kier molecular flexibility index (Phi) is 5.19. The van der Waals surface area contributed by atoms with E-state index in [-0.39, 0.29) is 0 Å². The Morgan fingerprint density at radius 2 is 1.29 bits per heavy atom. The van der Waals surface area contributed by atoms with E-state index in [9.17, 15) is 0 Å². The molecule has 0 aliphatic carbocycles. The topological polar surface area (TPSA) is 12.0 Å². The number of benzene rings is 2. The second kappa shape index (κ2) is 6.91. The van der Waals surface area contributed by atoms with Gasteiger partial charge < -0.3 is 5.32 Å². The molecule has 0 amide bonds. The summed E-state index contributed by atoms with van der Waals surface area (Å²) in [5, 5.41) is 3.81. The van der Waals surface area contributed by atoms with Gasteiger partial charge in [0.2, 0.25) is 0 Å². The van der Waals surface area contributed by atoms with Gasteiger partial charge in [0.05, 0.1) is 0 Å². The summed E-state index contributed by atoms with van der Waals surface area (Å²) >= 11 is 0. The Balaban J connectivity index is 2.16. The first-order valence-electron chi connectivity index (χ1n) is 7.82. The van der Waals surface area contributed by atoms with Crippen molar-refractivity contribution in [2.24, 2.45) is 5.41 Å². The molecule has 0 saturated carbocycles. The second-order valence-corrected chi connectivity index (χ2v) is 7.03. The van der Waals surface area contributed by atoms with Crippen LogP contribution in [-0.2, 0) is 0 Å². The maximum atomic E-state index is 3.81. The Labute approximate surface area is 129 Å². The molecular formula is C20H27N. The number of hydrogen-bond donors (Lipinski definition) is 1. The molecule has 0 radical (unpaired) electrons. The van der Waals surface area contributed by atoms with Crippen LogP contribution in [0.1, 0.15) is 57.3 Å². The van der Waals surface area contributed by atoms with Crippen LogP contribution in [0.4, 0.5) is 0 Å². The third-order valence-corrected chi connectivity index (χ3v) is 3.77. The van der Waals surface area contributed by atoms with Crippen LogP contribution in [0.5, 0.6) is 0 Å². The maximum Gasteiger partial charge on any atom is 0.0330 e. The molecule has 1 heteroatoms. The molecule has 0 aliphatic heterocycles. The molecule has 112 valence electrons. The quantitative estimate of drug-likeness (QED) is 0.761. The SMILES string of the molecule is CC(NC(CC(C)(C)C)c1ccccc1)c1ccccc1. The van der Waals surface area contributed by atoms with Crippen molar-refractivity contribution >= 4 is 0 Å². The highest BCUT2D eigenvalue weighted by atomic mass is 14.9. The molecule has 0 fully saturated rings. The average molecular weight is 281 g/mol. The van der Waals surface area contributed by atoms with Crippen molar-refractivity contribution < 1.29 is 0 Å². The first-order chi connectivity index (χ1) is 9.96. The minimum absolute atomic E-state index is 0.296. The molecule has 0 saturated heterocycles. The summed E-state index contributed by atoms with van der Waals surface area (Å²) in [6.07, 6.45) is 1.12. The fourth-order valence-electron chi connectivity index (χ4n) is 2.71. The Morgan fingerprint density at radius 1 is 0.810 bits per heavy atom. The zero-order valence-electron chi connectivity index (χ0n) is 13.6. The van der Waals surface area contributed by atoms with E-state index in [1.54, 1.807) is 0 Å². The molecule has 2 atom stereocenters. The van der Waals surface area contributed by atoms with Crippen molar-refractivity contribution in [3.8, 4) is 0 Å². The van der Waals surface area contributed by atoms with Crippen LogP contribution >= 0.6 is 0 Å². The average Bonchev–Trinajstić information content (AvgIpc) is 2.47. The molecule has 0 aliphatic rings. The largest absolute Gasteiger partial charge is 0.303 e. The molecule has 2 unspecified atom stereocenters. The van der Waals surface area contributed by atoms with E-state index in [1.165, 1.54) is 11.1 Å². The molecule has 21 heavy (non-hydrogen) atoms. The smallest absolute Gasteiger partial charge is 0.0330 e. The molecule has 0 aromatic heterocycles. The van der Waals surface area contributed by atoms with Gasteiger partial charge in [-0.2, -0.15) is 0 Å². The predicted molar refractivity (Wildman–Crippen MR) is 91.2 cm³/mol. The van der Waals surface area contributed by atoms with Crippen LogP contribution in [0.2, 0.25) is 0 Å². The highest BCUT2D eigenvalue weighted by molar-refractivity contribution is 5.22. The highest BCUT2D eigenvalue weighted by Crippen LogP contribution is 2.31. The van der Waals surface area contributed by atoms with Crippen LogP contribution in [0.15, 0.2) is 60.7 Å². The van der Waals surface area contributed by atoms with Gasteiger partial charge in [-0.3, -0.25) is 0 Å². The van der Waals surface area contributed by atoms with Crippen LogP contribution < -0.4 is 5.32 Å². The lowest BCUT2D eigenvalue weighted by Crippen LogP contribution is -2.28. The van der Waals surface area contributed by atoms with Gasteiger partial charge in [0.15, 0.2) is 0 Å². The first-order valence-corrected chi connectivity index (χ1v) is 7.82. The van der Waals surface area contributed by atoms with Gasteiger partial charge in [-0.05, 0) is 29.9 Å². The zero-order chi connectivity index (χ0) is 15.3. The van der Waals surface area contributed by atoms with Crippen LogP contribution in [0.25, 0.3) is 0 Å². The van der Waals surface area contributed by atoms with Crippen molar-refractivity contribution in [1.29, 1.82) is 0 Å². The lowest BCUT2D eigenvalue weighted by molar-refractivity contribution is 0.297. The van der Waals surface area contributed by atoms with Crippen LogP contribution in [-0.4, -0.2) is 0 Å². The first kappa shape index (κ1) is 15.8. The van der Waals surface area contributed by atoms with E-state index in [0.717, 1.165) is 6.42 Å². The van der Waals surface area contributed by atoms with E-state index >= 15 is 0 Å². The third kappa shape index (κ3) is 5.02. The van der Waals surface area contributed by atoms with E-state index < -0.39 is 0 Å². The summed E-state index contributed by atoms with van der Waals surface area (Å²) in [5.41, 5.74) is 3.01. The summed E-state index contributed by atoms with van der Waals surface area (Å²) in [4.78, 5) is 0. The summed E-state index contributed by atoms with van der Waals surface area (Å²) in [5.74, 6) is 0. The lowest BCUT2D eigenvalue weighted by Gasteiger charge is -2.30. The number of rotatable bonds is 5. The lowest BCUT2D eigenvalue weighted by atomic mass is 9.85. The second-order valence-electron chi connectivity index (χ2n) is 7.03. The summed E-state index contributed by atoms with van der Waals surface area (Å²) in [7, 11) is 0. The Morgan fingerprint density at radius 3 is 1.76 bits per heavy atom. The minimum Gasteiger partial charge on any atom is -0.303 e. The fourth-order valence-corrected chi connectivity index (χ4v) is 2.71. The summed E-state index contributed by atoms with van der Waals surface area (Å²) < 4.78 is 0. The highest BCUT2D eigenvalue weighted by Gasteiger charge is 2.21. The molecule has 2 aromatic carbocycles. The third-order valence-electron chi connectivity index (χ3n) is 3.77. The molecule has 2 aromatic rings. The summed E-state index contributed by atoms with van der Waals surface area (Å²) in [6, 6.07) is 22.2. The Hall–Kier alpha value is -1.60. The van der Waals surface area contributed by atoms with Gasteiger partial charge in [0, 0.05) is 12.1 Å². The minimum atomic E-state index is 0.296. The molecule has 1 nitrogen and oxygen atoms in total. The van der Waals surface area contributed by atoms with Gasteiger partial charge in [0.1, 0.15) is 0 Å². The van der Waals surface area contributed by atoms with E-state index in [0.29, 0.717) is 17.5 Å². The number of nitrogens with one attached hydrogen (secondary N) is 1. The fraction of sp³-hybridized carbons (Fsp3) is 0.400. The van der Waals surface area contributed by atoms with Crippen molar-refractivity contribution in [3.05, 3.63) is 71.8 Å². The van der Waals surface area contributed by atoms with Crippen molar-refractivity contribution in [2.45, 2.75) is 46.2 Å². The normalized spacial score (nSPS) is 14.7. The van der Waals surface area contributed by atoms with Crippen molar-refractivity contribution in [3.63, 3.8) is 0 Å². The molecule has 2 rings (SSSR count). The van der Waals surface area contributed by atoms with E-state index in [2.05, 4.69) is 93.7 Å². The van der Waals surface area contributed by atoms with Gasteiger partial charge >= 0.3 is 0 Å². The van der Waals surface area contributed by atoms with Gasteiger partial charge in [-0.15, -0.1) is 0 Å². The molecular weight excluding hydrogens is 254 g/mol. The molecule has 1 N–H and O–H groups in total. The number of hydrogen-bond acceptors (Lipinski definition) is 1. The van der Waals surface area contributed by atoms with E-state index in [1.807, 2.05) is 0 Å². The summed E-state index contributed by atoms with van der Waals surface area (Å²) in [6.45, 7) is 9.15. The van der Waals surface area contributed by atoms with Crippen LogP contribution in [0, 0.1) is 5.41 Å². The predicted octanol–water partition coefficient (Wildman–Crippen LogP) is 5.51. The molecule has 0 bridgehead atoms.